The van der Waals surface area contributed by atoms with Crippen LogP contribution in [0.1, 0.15) is 74.8 Å². The lowest BCUT2D eigenvalue weighted by Gasteiger charge is -2.34. The molecule has 0 radical (unpaired) electrons. The predicted molar refractivity (Wildman–Crippen MR) is 106 cm³/mol. The van der Waals surface area contributed by atoms with Crippen LogP contribution in [0.15, 0.2) is 16.4 Å². The Labute approximate surface area is 165 Å². The zero-order valence-electron chi connectivity index (χ0n) is 15.7. The van der Waals surface area contributed by atoms with E-state index in [-0.39, 0.29) is 23.4 Å². The molecule has 3 aromatic rings. The highest BCUT2D eigenvalue weighted by Gasteiger charge is 2.37. The molecule has 0 aromatic carbocycles. The minimum atomic E-state index is -1.11. The first-order chi connectivity index (χ1) is 13.4. The van der Waals surface area contributed by atoms with Crippen molar-refractivity contribution in [2.45, 2.75) is 69.0 Å². The van der Waals surface area contributed by atoms with E-state index in [0.29, 0.717) is 47.7 Å². The molecule has 2 fully saturated rings. The van der Waals surface area contributed by atoms with Crippen molar-refractivity contribution in [2.75, 3.05) is 5.73 Å². The molecule has 0 spiro atoms. The molecule has 1 unspecified atom stereocenters. The number of nitrogens with two attached hydrogens (primary N) is 1. The first-order valence-electron chi connectivity index (χ1n) is 9.78. The number of hydrogen-bond donors (Lipinski definition) is 2. The average molecular weight is 402 g/mol. The number of nitrogens with one attached hydrogen (secondary N) is 1. The van der Waals surface area contributed by atoms with Gasteiger partial charge in [-0.15, -0.1) is 11.3 Å². The summed E-state index contributed by atoms with van der Waals surface area (Å²) in [6.45, 7) is 1.66. The van der Waals surface area contributed by atoms with Crippen LogP contribution in [0, 0.1) is 0 Å². The van der Waals surface area contributed by atoms with Crippen LogP contribution in [-0.2, 0) is 0 Å². The number of anilines is 1. The maximum absolute atomic E-state index is 14.2. The van der Waals surface area contributed by atoms with Crippen LogP contribution >= 0.6 is 11.3 Å². The van der Waals surface area contributed by atoms with Crippen molar-refractivity contribution in [2.24, 2.45) is 0 Å². The highest BCUT2D eigenvalue weighted by atomic mass is 32.1. The fourth-order valence-electron chi connectivity index (χ4n) is 4.50. The van der Waals surface area contributed by atoms with E-state index in [2.05, 4.69) is 15.1 Å². The van der Waals surface area contributed by atoms with Gasteiger partial charge in [-0.3, -0.25) is 4.79 Å². The summed E-state index contributed by atoms with van der Waals surface area (Å²) in [5.74, 6) is 1.04. The number of halogens is 1. The number of nitrogens with zero attached hydrogens (tertiary/aromatic N) is 4. The smallest absolute Gasteiger partial charge is 0.262 e. The van der Waals surface area contributed by atoms with Crippen LogP contribution < -0.4 is 11.3 Å². The number of alkyl halides is 1. The van der Waals surface area contributed by atoms with E-state index < -0.39 is 5.67 Å². The Morgan fingerprint density at radius 1 is 1.25 bits per heavy atom. The fourth-order valence-corrected chi connectivity index (χ4v) is 5.12. The maximum Gasteiger partial charge on any atom is 0.262 e. The van der Waals surface area contributed by atoms with Gasteiger partial charge in [-0.05, 0) is 45.4 Å². The van der Waals surface area contributed by atoms with Crippen LogP contribution in [0.3, 0.4) is 0 Å². The second-order valence-corrected chi connectivity index (χ2v) is 9.21. The van der Waals surface area contributed by atoms with Crippen LogP contribution in [-0.4, -0.2) is 30.4 Å². The largest absolute Gasteiger partial charge is 0.375 e. The van der Waals surface area contributed by atoms with E-state index >= 15 is 0 Å². The molecule has 0 aliphatic heterocycles. The topological polar surface area (TPSA) is 102 Å². The number of aromatic nitrogens is 5. The number of thiazole rings is 1. The maximum atomic E-state index is 14.2. The van der Waals surface area contributed by atoms with E-state index in [4.69, 9.17) is 10.7 Å². The molecule has 7 nitrogen and oxygen atoms in total. The molecule has 2 aliphatic carbocycles. The summed E-state index contributed by atoms with van der Waals surface area (Å²) >= 11 is 1.44. The summed E-state index contributed by atoms with van der Waals surface area (Å²) in [6.07, 6.45) is 5.96. The van der Waals surface area contributed by atoms with Crippen LogP contribution in [0.25, 0.3) is 11.0 Å². The Kier molecular flexibility index (Phi) is 4.04. The Morgan fingerprint density at radius 3 is 2.64 bits per heavy atom. The quantitative estimate of drug-likeness (QED) is 0.696. The molecule has 0 bridgehead atoms. The van der Waals surface area contributed by atoms with Crippen LogP contribution in [0.5, 0.6) is 0 Å². The van der Waals surface area contributed by atoms with E-state index in [1.807, 2.05) is 10.1 Å². The van der Waals surface area contributed by atoms with Gasteiger partial charge in [0.25, 0.3) is 5.56 Å². The van der Waals surface area contributed by atoms with Crippen molar-refractivity contribution in [3.8, 4) is 0 Å². The Hall–Kier alpha value is -2.29. The molecule has 0 saturated heterocycles. The van der Waals surface area contributed by atoms with Gasteiger partial charge in [-0.25, -0.2) is 19.0 Å². The minimum Gasteiger partial charge on any atom is -0.375 e. The molecule has 9 heteroatoms. The van der Waals surface area contributed by atoms with E-state index in [1.165, 1.54) is 11.3 Å². The van der Waals surface area contributed by atoms with Crippen molar-refractivity contribution in [1.29, 1.82) is 0 Å². The lowest BCUT2D eigenvalue weighted by Crippen LogP contribution is -2.29. The molecular weight excluding hydrogens is 379 g/mol. The first kappa shape index (κ1) is 17.8. The van der Waals surface area contributed by atoms with E-state index in [1.54, 1.807) is 13.1 Å². The van der Waals surface area contributed by atoms with Gasteiger partial charge in [0, 0.05) is 17.2 Å². The molecule has 0 amide bonds. The third kappa shape index (κ3) is 2.92. The number of rotatable bonds is 3. The van der Waals surface area contributed by atoms with Gasteiger partial charge < -0.3 is 10.7 Å². The van der Waals surface area contributed by atoms with Crippen LogP contribution in [0.2, 0.25) is 0 Å². The number of aromatic amines is 1. The minimum absolute atomic E-state index is 0.0824. The van der Waals surface area contributed by atoms with Gasteiger partial charge in [0.05, 0.1) is 17.9 Å². The molecule has 2 saturated carbocycles. The van der Waals surface area contributed by atoms with Crippen molar-refractivity contribution >= 4 is 27.5 Å². The summed E-state index contributed by atoms with van der Waals surface area (Å²) in [6, 6.07) is 0.0824. The molecule has 3 heterocycles. The van der Waals surface area contributed by atoms with Crippen molar-refractivity contribution in [3.63, 3.8) is 0 Å². The summed E-state index contributed by atoms with van der Waals surface area (Å²) in [5.41, 5.74) is 6.09. The molecule has 28 heavy (non-hydrogen) atoms. The van der Waals surface area contributed by atoms with Gasteiger partial charge in [0.1, 0.15) is 16.9 Å². The van der Waals surface area contributed by atoms with Gasteiger partial charge in [-0.2, -0.15) is 5.10 Å². The number of fused-ring (bicyclic) bond motifs is 1. The first-order valence-corrected chi connectivity index (χ1v) is 10.7. The summed E-state index contributed by atoms with van der Waals surface area (Å²) < 4.78 is 16.0. The molecule has 3 aromatic heterocycles. The Bertz CT molecular complexity index is 1080. The van der Waals surface area contributed by atoms with Gasteiger partial charge >= 0.3 is 0 Å². The van der Waals surface area contributed by atoms with Crippen molar-refractivity contribution in [1.82, 2.24) is 24.7 Å². The van der Waals surface area contributed by atoms with Crippen LogP contribution in [0.4, 0.5) is 9.52 Å². The highest BCUT2D eigenvalue weighted by Crippen LogP contribution is 2.48. The lowest BCUT2D eigenvalue weighted by molar-refractivity contribution is 0.103. The van der Waals surface area contributed by atoms with Gasteiger partial charge in [0.15, 0.2) is 10.8 Å². The number of H-pyrrole nitrogens is 1. The lowest BCUT2D eigenvalue weighted by atomic mass is 9.71. The Balaban J connectivity index is 1.49. The molecule has 3 N–H and O–H groups in total. The molecule has 148 valence electrons. The molecular formula is C19H23FN6OS. The zero-order chi connectivity index (χ0) is 19.5. The number of nitrogen functional groups attached to an aromatic ring is 1. The second-order valence-electron chi connectivity index (χ2n) is 8.32. The fraction of sp³-hybridized carbons (Fsp3) is 0.579. The normalized spacial score (nSPS) is 30.4. The van der Waals surface area contributed by atoms with E-state index in [9.17, 15) is 9.18 Å². The van der Waals surface area contributed by atoms with Gasteiger partial charge in [-0.1, -0.05) is 0 Å². The second kappa shape index (κ2) is 6.37. The third-order valence-electron chi connectivity index (χ3n) is 6.37. The van der Waals surface area contributed by atoms with E-state index in [0.717, 1.165) is 18.5 Å². The monoisotopic (exact) mass is 402 g/mol. The molecule has 2 aliphatic rings. The SMILES string of the molecule is CC1(F)CCC(n2ncc3c(=O)[nH]c([C@H]4CCC4c4csc(N)n4)nc32)CC1. The van der Waals surface area contributed by atoms with Crippen molar-refractivity contribution in [3.05, 3.63) is 33.4 Å². The average Bonchev–Trinajstić information content (AvgIpc) is 3.21. The third-order valence-corrected chi connectivity index (χ3v) is 7.06. The van der Waals surface area contributed by atoms with Crippen molar-refractivity contribution < 1.29 is 4.39 Å². The predicted octanol–water partition coefficient (Wildman–Crippen LogP) is 3.66. The zero-order valence-corrected chi connectivity index (χ0v) is 16.5. The summed E-state index contributed by atoms with van der Waals surface area (Å²) in [4.78, 5) is 24.8. The highest BCUT2D eigenvalue weighted by molar-refractivity contribution is 7.13. The number of hydrogen-bond acceptors (Lipinski definition) is 6. The molecule has 2 atom stereocenters. The molecule has 5 rings (SSSR count). The summed E-state index contributed by atoms with van der Waals surface area (Å²) in [5, 5.41) is 7.48. The summed E-state index contributed by atoms with van der Waals surface area (Å²) in [7, 11) is 0. The standard InChI is InChI=1S/C19H23FN6OS/c1-19(20)6-4-10(5-7-19)26-16-13(8-22-26)17(27)25-15(24-16)12-3-2-11(12)14-9-28-18(21)23-14/h8-12H,2-7H2,1H3,(H2,21,23)(H,24,25,27)/t10?,11?,12-,19?/m0/s1. The van der Waals surface area contributed by atoms with Gasteiger partial charge in [0.2, 0.25) is 0 Å². The Morgan fingerprint density at radius 2 is 2.00 bits per heavy atom.